The molecule has 212 valence electrons. The molecular weight excluding hydrogens is 480 g/mol. The molecule has 0 heterocycles. The molecule has 5 aliphatic carbocycles. The van der Waals surface area contributed by atoms with E-state index in [0.717, 1.165) is 37.7 Å². The molecule has 11 atom stereocenters. The predicted octanol–water partition coefficient (Wildman–Crippen LogP) is 5.52. The summed E-state index contributed by atoms with van der Waals surface area (Å²) in [5.41, 5.74) is 0.378. The Bertz CT molecular complexity index is 1080. The predicted molar refractivity (Wildman–Crippen MR) is 145 cm³/mol. The first-order valence-corrected chi connectivity index (χ1v) is 14.7. The lowest BCUT2D eigenvalue weighted by Gasteiger charge is -2.71. The minimum absolute atomic E-state index is 0.0850. The SMILES string of the molecule is C=C1[C@H]2C3=CC[C@@H]4[C@@]5(C)C[C@@H](O)[C@H](O)[C@@](C)(COC(C)=O)[C@@H]5CC[C@@]4(C)[C@]3(C)CC[C@@]2(C(=O)O)CC[C@H]1C. The summed E-state index contributed by atoms with van der Waals surface area (Å²) < 4.78 is 5.49. The van der Waals surface area contributed by atoms with E-state index >= 15 is 0 Å². The van der Waals surface area contributed by atoms with Crippen molar-refractivity contribution in [3.63, 3.8) is 0 Å². The van der Waals surface area contributed by atoms with E-state index in [0.29, 0.717) is 25.2 Å². The number of allylic oxidation sites excluding steroid dienone is 3. The minimum atomic E-state index is -0.951. The molecule has 5 aliphatic rings. The van der Waals surface area contributed by atoms with Crippen molar-refractivity contribution in [3.05, 3.63) is 23.8 Å². The fraction of sp³-hybridized carbons (Fsp3) is 0.812. The number of aliphatic hydroxyl groups is 2. The molecule has 3 N–H and O–H groups in total. The third-order valence-electron chi connectivity index (χ3n) is 13.2. The molecule has 0 radical (unpaired) electrons. The van der Waals surface area contributed by atoms with E-state index in [1.165, 1.54) is 12.5 Å². The smallest absolute Gasteiger partial charge is 0.310 e. The number of esters is 1. The Labute approximate surface area is 227 Å². The number of aliphatic hydroxyl groups excluding tert-OH is 2. The summed E-state index contributed by atoms with van der Waals surface area (Å²) in [5, 5.41) is 32.9. The van der Waals surface area contributed by atoms with Gasteiger partial charge in [0.05, 0.1) is 24.2 Å². The Morgan fingerprint density at radius 2 is 1.74 bits per heavy atom. The van der Waals surface area contributed by atoms with Crippen LogP contribution in [0.25, 0.3) is 0 Å². The summed E-state index contributed by atoms with van der Waals surface area (Å²) >= 11 is 0. The molecule has 0 spiro atoms. The van der Waals surface area contributed by atoms with Gasteiger partial charge in [-0.2, -0.15) is 0 Å². The second kappa shape index (κ2) is 8.67. The largest absolute Gasteiger partial charge is 0.481 e. The Morgan fingerprint density at radius 1 is 1.05 bits per heavy atom. The summed E-state index contributed by atoms with van der Waals surface area (Å²) in [6, 6.07) is 0. The van der Waals surface area contributed by atoms with Gasteiger partial charge >= 0.3 is 11.9 Å². The molecule has 0 aromatic rings. The molecule has 6 heteroatoms. The van der Waals surface area contributed by atoms with E-state index in [2.05, 4.69) is 40.3 Å². The van der Waals surface area contributed by atoms with Crippen LogP contribution in [0.4, 0.5) is 0 Å². The first-order chi connectivity index (χ1) is 17.6. The lowest BCUT2D eigenvalue weighted by atomic mass is 9.33. The zero-order chi connectivity index (χ0) is 28.1. The highest BCUT2D eigenvalue weighted by Gasteiger charge is 2.70. The van der Waals surface area contributed by atoms with E-state index in [1.807, 2.05) is 6.92 Å². The van der Waals surface area contributed by atoms with Gasteiger partial charge in [0.2, 0.25) is 0 Å². The zero-order valence-corrected chi connectivity index (χ0v) is 24.2. The van der Waals surface area contributed by atoms with Gasteiger partial charge in [0.15, 0.2) is 0 Å². The van der Waals surface area contributed by atoms with Gasteiger partial charge in [0.1, 0.15) is 0 Å². The molecule has 0 unspecified atom stereocenters. The van der Waals surface area contributed by atoms with Crippen LogP contribution in [0.2, 0.25) is 0 Å². The van der Waals surface area contributed by atoms with Gasteiger partial charge in [-0.1, -0.05) is 58.4 Å². The van der Waals surface area contributed by atoms with E-state index in [-0.39, 0.29) is 46.6 Å². The van der Waals surface area contributed by atoms with Gasteiger partial charge in [0.25, 0.3) is 0 Å². The molecule has 4 fully saturated rings. The minimum Gasteiger partial charge on any atom is -0.481 e. The quantitative estimate of drug-likeness (QED) is 0.329. The van der Waals surface area contributed by atoms with Crippen molar-refractivity contribution >= 4 is 11.9 Å². The number of ether oxygens (including phenoxy) is 1. The molecule has 6 nitrogen and oxygen atoms in total. The van der Waals surface area contributed by atoms with E-state index in [4.69, 9.17) is 4.74 Å². The first-order valence-electron chi connectivity index (χ1n) is 14.7. The Balaban J connectivity index is 1.60. The number of rotatable bonds is 3. The zero-order valence-electron chi connectivity index (χ0n) is 24.2. The molecule has 0 aromatic heterocycles. The summed E-state index contributed by atoms with van der Waals surface area (Å²) in [4.78, 5) is 24.6. The lowest BCUT2D eigenvalue weighted by Crippen LogP contribution is -2.68. The van der Waals surface area contributed by atoms with Crippen molar-refractivity contribution in [3.8, 4) is 0 Å². The molecule has 0 saturated heterocycles. The number of carbonyl (C=O) groups is 2. The van der Waals surface area contributed by atoms with Crippen LogP contribution in [-0.4, -0.2) is 46.1 Å². The molecule has 0 aliphatic heterocycles. The van der Waals surface area contributed by atoms with Gasteiger partial charge < -0.3 is 20.1 Å². The summed E-state index contributed by atoms with van der Waals surface area (Å²) in [6.07, 6.45) is 6.80. The number of carbonyl (C=O) groups excluding carboxylic acids is 1. The van der Waals surface area contributed by atoms with Crippen LogP contribution in [0, 0.1) is 50.7 Å². The molecule has 0 bridgehead atoms. The number of carboxylic acids is 1. The lowest BCUT2D eigenvalue weighted by molar-refractivity contribution is -0.245. The average molecular weight is 529 g/mol. The van der Waals surface area contributed by atoms with Gasteiger partial charge in [-0.15, -0.1) is 0 Å². The second-order valence-corrected chi connectivity index (χ2v) is 14.7. The fourth-order valence-corrected chi connectivity index (χ4v) is 10.8. The summed E-state index contributed by atoms with van der Waals surface area (Å²) in [6.45, 7) is 17.2. The molecule has 4 saturated carbocycles. The molecular formula is C32H48O6. The van der Waals surface area contributed by atoms with Gasteiger partial charge in [-0.05, 0) is 85.4 Å². The maximum absolute atomic E-state index is 12.8. The van der Waals surface area contributed by atoms with Crippen LogP contribution in [0.3, 0.4) is 0 Å². The van der Waals surface area contributed by atoms with E-state index < -0.39 is 29.0 Å². The second-order valence-electron chi connectivity index (χ2n) is 14.7. The molecule has 0 aromatic carbocycles. The Hall–Kier alpha value is -1.66. The highest BCUT2D eigenvalue weighted by atomic mass is 16.5. The van der Waals surface area contributed by atoms with E-state index in [1.54, 1.807) is 0 Å². The monoisotopic (exact) mass is 528 g/mol. The van der Waals surface area contributed by atoms with Crippen LogP contribution < -0.4 is 0 Å². The van der Waals surface area contributed by atoms with Crippen molar-refractivity contribution in [2.24, 2.45) is 50.7 Å². The van der Waals surface area contributed by atoms with Crippen LogP contribution >= 0.6 is 0 Å². The normalized spacial score (nSPS) is 52.0. The van der Waals surface area contributed by atoms with Crippen molar-refractivity contribution in [2.45, 2.75) is 105 Å². The number of aliphatic carboxylic acids is 1. The third-order valence-corrected chi connectivity index (χ3v) is 13.2. The van der Waals surface area contributed by atoms with Crippen LogP contribution in [-0.2, 0) is 14.3 Å². The van der Waals surface area contributed by atoms with Gasteiger partial charge in [-0.3, -0.25) is 9.59 Å². The number of carboxylic acid groups (broad SMARTS) is 1. The van der Waals surface area contributed by atoms with Crippen molar-refractivity contribution in [1.29, 1.82) is 0 Å². The highest BCUT2D eigenvalue weighted by molar-refractivity contribution is 5.77. The van der Waals surface area contributed by atoms with Gasteiger partial charge in [-0.25, -0.2) is 0 Å². The molecule has 38 heavy (non-hydrogen) atoms. The standard InChI is InChI=1S/C32H48O6/c1-18-10-13-32(27(36)37)15-14-30(6)21(25(32)19(18)2)8-9-24-28(4)16-22(34)26(35)29(5,17-38-20(3)33)23(28)11-12-31(24,30)7/h8,18,22-26,34-35H,2,9-17H2,1,3-7H3,(H,36,37)/t18-,22-,23-,24-,25+,26+,28+,29+,30-,31-,32+/m1/s1. The van der Waals surface area contributed by atoms with Crippen LogP contribution in [0.1, 0.15) is 92.9 Å². The van der Waals surface area contributed by atoms with Crippen LogP contribution in [0.5, 0.6) is 0 Å². The maximum Gasteiger partial charge on any atom is 0.310 e. The highest BCUT2D eigenvalue weighted by Crippen LogP contribution is 2.75. The Morgan fingerprint density at radius 3 is 2.37 bits per heavy atom. The summed E-state index contributed by atoms with van der Waals surface area (Å²) in [7, 11) is 0. The Kier molecular flexibility index (Phi) is 6.36. The van der Waals surface area contributed by atoms with E-state index in [9.17, 15) is 24.9 Å². The van der Waals surface area contributed by atoms with Crippen molar-refractivity contribution in [2.75, 3.05) is 6.61 Å². The summed E-state index contributed by atoms with van der Waals surface area (Å²) in [5.74, 6) is -0.509. The van der Waals surface area contributed by atoms with Gasteiger partial charge in [0, 0.05) is 18.3 Å². The van der Waals surface area contributed by atoms with Crippen molar-refractivity contribution < 1.29 is 29.6 Å². The molecule has 0 amide bonds. The molecule has 5 rings (SSSR count). The number of hydrogen-bond acceptors (Lipinski definition) is 5. The van der Waals surface area contributed by atoms with Crippen LogP contribution in [0.15, 0.2) is 23.8 Å². The first kappa shape index (κ1) is 27.9. The fourth-order valence-electron chi connectivity index (χ4n) is 10.8. The number of hydrogen-bond donors (Lipinski definition) is 3. The third kappa shape index (κ3) is 3.38. The van der Waals surface area contributed by atoms with Crippen molar-refractivity contribution in [1.82, 2.24) is 0 Å². The maximum atomic E-state index is 12.8. The topological polar surface area (TPSA) is 104 Å². The number of fused-ring (bicyclic) bond motifs is 7. The average Bonchev–Trinajstić information content (AvgIpc) is 2.84.